The molecule has 0 bridgehead atoms. The number of nitrogens with zero attached hydrogens (tertiary/aromatic N) is 3. The molecule has 0 saturated carbocycles. The van der Waals surface area contributed by atoms with Crippen LogP contribution in [0, 0.1) is 0 Å². The maximum absolute atomic E-state index is 11.7. The number of rotatable bonds is 4. The highest BCUT2D eigenvalue weighted by molar-refractivity contribution is 5.75. The van der Waals surface area contributed by atoms with Gasteiger partial charge >= 0.3 is 0 Å². The first-order chi connectivity index (χ1) is 7.04. The van der Waals surface area contributed by atoms with Gasteiger partial charge in [0.15, 0.2) is 0 Å². The zero-order valence-electron chi connectivity index (χ0n) is 9.47. The normalized spacial score (nSPS) is 12.5. The predicted octanol–water partition coefficient (Wildman–Crippen LogP) is 0.722. The summed E-state index contributed by atoms with van der Waals surface area (Å²) in [6.45, 7) is 4.33. The van der Waals surface area contributed by atoms with Gasteiger partial charge in [-0.3, -0.25) is 9.48 Å². The number of nitrogens with two attached hydrogens (primary N) is 1. The lowest BCUT2D eigenvalue weighted by atomic mass is 10.2. The van der Waals surface area contributed by atoms with Gasteiger partial charge in [-0.2, -0.15) is 5.10 Å². The zero-order chi connectivity index (χ0) is 11.4. The molecule has 1 heterocycles. The Labute approximate surface area is 89.9 Å². The molecule has 1 atom stereocenters. The van der Waals surface area contributed by atoms with Gasteiger partial charge in [-0.1, -0.05) is 6.92 Å². The van der Waals surface area contributed by atoms with E-state index in [9.17, 15) is 4.79 Å². The van der Waals surface area contributed by atoms with E-state index in [0.717, 1.165) is 6.42 Å². The summed E-state index contributed by atoms with van der Waals surface area (Å²) in [5.74, 6) is 0.0486. The minimum Gasteiger partial charge on any atom is -0.396 e. The van der Waals surface area contributed by atoms with Crippen molar-refractivity contribution in [2.45, 2.75) is 32.9 Å². The molecule has 5 heteroatoms. The third-order valence-electron chi connectivity index (χ3n) is 2.60. The number of nitrogen functional groups attached to an aromatic ring is 1. The van der Waals surface area contributed by atoms with Crippen LogP contribution >= 0.6 is 0 Å². The maximum atomic E-state index is 11.7. The average Bonchev–Trinajstić information content (AvgIpc) is 2.61. The summed E-state index contributed by atoms with van der Waals surface area (Å²) in [6, 6.07) is 0.255. The van der Waals surface area contributed by atoms with Crippen LogP contribution < -0.4 is 5.73 Å². The largest absolute Gasteiger partial charge is 0.396 e. The van der Waals surface area contributed by atoms with Gasteiger partial charge in [0.25, 0.3) is 0 Å². The smallest absolute Gasteiger partial charge is 0.244 e. The second-order valence-corrected chi connectivity index (χ2v) is 3.73. The summed E-state index contributed by atoms with van der Waals surface area (Å²) in [7, 11) is 1.81. The fraction of sp³-hybridized carbons (Fsp3) is 0.600. The van der Waals surface area contributed by atoms with E-state index in [-0.39, 0.29) is 18.5 Å². The highest BCUT2D eigenvalue weighted by Crippen LogP contribution is 2.03. The van der Waals surface area contributed by atoms with Gasteiger partial charge in [0, 0.05) is 19.3 Å². The average molecular weight is 210 g/mol. The Morgan fingerprint density at radius 1 is 1.73 bits per heavy atom. The van der Waals surface area contributed by atoms with Crippen molar-refractivity contribution < 1.29 is 4.79 Å². The molecule has 15 heavy (non-hydrogen) atoms. The van der Waals surface area contributed by atoms with E-state index in [2.05, 4.69) is 12.0 Å². The SMILES string of the molecule is CCC(C)N(C)C(=O)Cn1cc(N)cn1. The maximum Gasteiger partial charge on any atom is 0.244 e. The first-order valence-corrected chi connectivity index (χ1v) is 5.08. The fourth-order valence-electron chi connectivity index (χ4n) is 1.24. The Morgan fingerprint density at radius 3 is 2.87 bits per heavy atom. The minimum absolute atomic E-state index is 0.0486. The van der Waals surface area contributed by atoms with Gasteiger partial charge in [-0.25, -0.2) is 0 Å². The van der Waals surface area contributed by atoms with Crippen LogP contribution in [-0.2, 0) is 11.3 Å². The molecular formula is C10H18N4O. The number of anilines is 1. The number of carbonyl (C=O) groups excluding carboxylic acids is 1. The Balaban J connectivity index is 2.55. The van der Waals surface area contributed by atoms with Crippen molar-refractivity contribution >= 4 is 11.6 Å². The standard InChI is InChI=1S/C10H18N4O/c1-4-8(2)13(3)10(15)7-14-6-9(11)5-12-14/h5-6,8H,4,7,11H2,1-3H3. The second kappa shape index (κ2) is 4.82. The number of likely N-dealkylation sites (N-methyl/N-ethyl adjacent to an activating group) is 1. The van der Waals surface area contributed by atoms with Gasteiger partial charge in [-0.05, 0) is 13.3 Å². The Kier molecular flexibility index (Phi) is 3.71. The first-order valence-electron chi connectivity index (χ1n) is 5.08. The van der Waals surface area contributed by atoms with Crippen molar-refractivity contribution in [1.82, 2.24) is 14.7 Å². The van der Waals surface area contributed by atoms with E-state index in [1.165, 1.54) is 6.20 Å². The van der Waals surface area contributed by atoms with E-state index in [4.69, 9.17) is 5.73 Å². The van der Waals surface area contributed by atoms with Crippen LogP contribution in [0.4, 0.5) is 5.69 Å². The zero-order valence-corrected chi connectivity index (χ0v) is 9.47. The van der Waals surface area contributed by atoms with Crippen LogP contribution in [0.5, 0.6) is 0 Å². The van der Waals surface area contributed by atoms with Crippen LogP contribution in [0.2, 0.25) is 0 Å². The van der Waals surface area contributed by atoms with Gasteiger partial charge in [0.2, 0.25) is 5.91 Å². The van der Waals surface area contributed by atoms with Gasteiger partial charge in [0.05, 0.1) is 11.9 Å². The lowest BCUT2D eigenvalue weighted by Gasteiger charge is -2.23. The van der Waals surface area contributed by atoms with Crippen molar-refractivity contribution in [2.24, 2.45) is 0 Å². The van der Waals surface area contributed by atoms with Crippen LogP contribution in [0.25, 0.3) is 0 Å². The van der Waals surface area contributed by atoms with Gasteiger partial charge < -0.3 is 10.6 Å². The summed E-state index contributed by atoms with van der Waals surface area (Å²) >= 11 is 0. The predicted molar refractivity (Wildman–Crippen MR) is 59.2 cm³/mol. The molecule has 0 saturated heterocycles. The summed E-state index contributed by atoms with van der Waals surface area (Å²) < 4.78 is 1.55. The first kappa shape index (κ1) is 11.6. The van der Waals surface area contributed by atoms with E-state index in [1.807, 2.05) is 14.0 Å². The topological polar surface area (TPSA) is 64.2 Å². The molecule has 0 aliphatic carbocycles. The molecule has 1 aromatic rings. The minimum atomic E-state index is 0.0486. The third-order valence-corrected chi connectivity index (χ3v) is 2.60. The molecule has 1 amide bonds. The van der Waals surface area contributed by atoms with E-state index in [1.54, 1.807) is 15.8 Å². The van der Waals surface area contributed by atoms with E-state index < -0.39 is 0 Å². The second-order valence-electron chi connectivity index (χ2n) is 3.73. The number of amides is 1. The number of carbonyl (C=O) groups is 1. The molecule has 1 rings (SSSR count). The summed E-state index contributed by atoms with van der Waals surface area (Å²) in [4.78, 5) is 13.5. The molecule has 0 fully saturated rings. The monoisotopic (exact) mass is 210 g/mol. The Hall–Kier alpha value is -1.52. The fourth-order valence-corrected chi connectivity index (χ4v) is 1.24. The highest BCUT2D eigenvalue weighted by Gasteiger charge is 2.14. The molecule has 0 radical (unpaired) electrons. The van der Waals surface area contributed by atoms with Crippen molar-refractivity contribution in [2.75, 3.05) is 12.8 Å². The Morgan fingerprint density at radius 2 is 2.40 bits per heavy atom. The number of aromatic nitrogens is 2. The summed E-state index contributed by atoms with van der Waals surface area (Å²) in [5.41, 5.74) is 6.09. The molecular weight excluding hydrogens is 192 g/mol. The molecule has 5 nitrogen and oxygen atoms in total. The Bertz CT molecular complexity index is 334. The highest BCUT2D eigenvalue weighted by atomic mass is 16.2. The molecule has 0 aliphatic heterocycles. The molecule has 1 aromatic heterocycles. The van der Waals surface area contributed by atoms with Crippen LogP contribution in [0.15, 0.2) is 12.4 Å². The lowest BCUT2D eigenvalue weighted by molar-refractivity contribution is -0.132. The molecule has 0 aliphatic rings. The molecule has 1 unspecified atom stereocenters. The van der Waals surface area contributed by atoms with Gasteiger partial charge in [0.1, 0.15) is 6.54 Å². The molecule has 0 aromatic carbocycles. The van der Waals surface area contributed by atoms with Crippen LogP contribution in [0.3, 0.4) is 0 Å². The van der Waals surface area contributed by atoms with Crippen molar-refractivity contribution in [3.63, 3.8) is 0 Å². The molecule has 84 valence electrons. The molecule has 2 N–H and O–H groups in total. The van der Waals surface area contributed by atoms with Crippen molar-refractivity contribution in [3.8, 4) is 0 Å². The van der Waals surface area contributed by atoms with Crippen molar-refractivity contribution in [3.05, 3.63) is 12.4 Å². The number of hydrogen-bond donors (Lipinski definition) is 1. The molecule has 0 spiro atoms. The van der Waals surface area contributed by atoms with Crippen LogP contribution in [-0.4, -0.2) is 33.7 Å². The van der Waals surface area contributed by atoms with E-state index in [0.29, 0.717) is 5.69 Å². The van der Waals surface area contributed by atoms with Gasteiger partial charge in [-0.15, -0.1) is 0 Å². The lowest BCUT2D eigenvalue weighted by Crippen LogP contribution is -2.37. The third kappa shape index (κ3) is 2.97. The van der Waals surface area contributed by atoms with E-state index >= 15 is 0 Å². The van der Waals surface area contributed by atoms with Crippen molar-refractivity contribution in [1.29, 1.82) is 0 Å². The number of hydrogen-bond acceptors (Lipinski definition) is 3. The van der Waals surface area contributed by atoms with Crippen LogP contribution in [0.1, 0.15) is 20.3 Å². The summed E-state index contributed by atoms with van der Waals surface area (Å²) in [5, 5.41) is 3.97. The summed E-state index contributed by atoms with van der Waals surface area (Å²) in [6.07, 6.45) is 4.14. The quantitative estimate of drug-likeness (QED) is 0.796.